The van der Waals surface area contributed by atoms with E-state index in [0.29, 0.717) is 12.0 Å². The van der Waals surface area contributed by atoms with Gasteiger partial charge in [0, 0.05) is 54.4 Å². The summed E-state index contributed by atoms with van der Waals surface area (Å²) in [6.07, 6.45) is 3.22. The number of hydrogen-bond acceptors (Lipinski definition) is 2. The molecule has 0 fully saturated rings. The Hall–Kier alpha value is -1.91. The van der Waals surface area contributed by atoms with E-state index in [1.807, 2.05) is 6.07 Å². The number of aromatic nitrogens is 2. The molecule has 0 amide bonds. The Bertz CT molecular complexity index is 859. The molecule has 4 rings (SSSR count). The van der Waals surface area contributed by atoms with Crippen LogP contribution in [0.15, 0.2) is 42.6 Å². The van der Waals surface area contributed by atoms with Gasteiger partial charge in [-0.1, -0.05) is 24.3 Å². The largest absolute Gasteiger partial charge is 0.344 e. The van der Waals surface area contributed by atoms with Crippen LogP contribution in [0.5, 0.6) is 0 Å². The van der Waals surface area contributed by atoms with Crippen molar-refractivity contribution < 1.29 is 4.39 Å². The van der Waals surface area contributed by atoms with Crippen molar-refractivity contribution in [3.63, 3.8) is 0 Å². The van der Waals surface area contributed by atoms with Crippen molar-refractivity contribution in [1.29, 1.82) is 0 Å². The van der Waals surface area contributed by atoms with E-state index in [1.54, 1.807) is 6.07 Å². The molecule has 0 unspecified atom stereocenters. The first kappa shape index (κ1) is 16.9. The van der Waals surface area contributed by atoms with Gasteiger partial charge in [0.05, 0.1) is 0 Å². The molecule has 0 saturated carbocycles. The van der Waals surface area contributed by atoms with E-state index < -0.39 is 0 Å². The number of benzene rings is 1. The van der Waals surface area contributed by atoms with E-state index in [0.717, 1.165) is 26.1 Å². The maximum Gasteiger partial charge on any atom is 0.216 e. The highest BCUT2D eigenvalue weighted by Crippen LogP contribution is 2.30. The number of hydrogen-bond donors (Lipinski definition) is 0. The Morgan fingerprint density at radius 2 is 2.00 bits per heavy atom. The molecule has 0 bridgehead atoms. The van der Waals surface area contributed by atoms with Crippen molar-refractivity contribution in [1.82, 2.24) is 14.5 Å². The van der Waals surface area contributed by atoms with Crippen LogP contribution in [0.3, 0.4) is 0 Å². The summed E-state index contributed by atoms with van der Waals surface area (Å²) in [4.78, 5) is 6.12. The first-order valence-electron chi connectivity index (χ1n) is 8.11. The normalized spacial score (nSPS) is 14.4. The molecule has 1 aliphatic rings. The van der Waals surface area contributed by atoms with Crippen molar-refractivity contribution in [2.75, 3.05) is 13.6 Å². The summed E-state index contributed by atoms with van der Waals surface area (Å²) in [5, 5.41) is 1.33. The van der Waals surface area contributed by atoms with Gasteiger partial charge in [-0.25, -0.2) is 4.98 Å². The zero-order chi connectivity index (χ0) is 15.8. The highest BCUT2D eigenvalue weighted by molar-refractivity contribution is 5.86. The second-order valence-corrected chi connectivity index (χ2v) is 6.29. The summed E-state index contributed by atoms with van der Waals surface area (Å²) < 4.78 is 16.2. The van der Waals surface area contributed by atoms with Gasteiger partial charge in [0.25, 0.3) is 0 Å². The van der Waals surface area contributed by atoms with Crippen LogP contribution in [0.2, 0.25) is 0 Å². The number of nitrogens with zero attached hydrogens (tertiary/aromatic N) is 3. The number of rotatable bonds is 3. The molecular formula is C19H21ClFN3. The summed E-state index contributed by atoms with van der Waals surface area (Å²) in [6, 6.07) is 12.2. The first-order valence-corrected chi connectivity index (χ1v) is 8.11. The molecule has 3 heterocycles. The summed E-state index contributed by atoms with van der Waals surface area (Å²) in [6.45, 7) is 2.86. The molecule has 1 aromatic carbocycles. The number of pyridine rings is 1. The van der Waals surface area contributed by atoms with E-state index >= 15 is 0 Å². The topological polar surface area (TPSA) is 21.1 Å². The van der Waals surface area contributed by atoms with E-state index in [4.69, 9.17) is 0 Å². The fourth-order valence-corrected chi connectivity index (χ4v) is 3.63. The molecule has 1 aliphatic heterocycles. The lowest BCUT2D eigenvalue weighted by Crippen LogP contribution is -2.27. The lowest BCUT2D eigenvalue weighted by Gasteiger charge is -2.24. The van der Waals surface area contributed by atoms with Gasteiger partial charge in [-0.15, -0.1) is 12.4 Å². The number of aryl methyl sites for hydroxylation is 2. The summed E-state index contributed by atoms with van der Waals surface area (Å²) in [7, 11) is 2.17. The minimum absolute atomic E-state index is 0. The van der Waals surface area contributed by atoms with E-state index in [2.05, 4.69) is 45.8 Å². The number of fused-ring (bicyclic) bond motifs is 3. The van der Waals surface area contributed by atoms with Crippen LogP contribution in [0.1, 0.15) is 16.8 Å². The number of likely N-dealkylation sites (N-methyl/N-ethyl adjacent to an activating group) is 1. The third-order valence-corrected chi connectivity index (χ3v) is 4.79. The second kappa shape index (κ2) is 6.91. The molecule has 5 heteroatoms. The van der Waals surface area contributed by atoms with Crippen LogP contribution >= 0.6 is 12.4 Å². The zero-order valence-corrected chi connectivity index (χ0v) is 14.5. The predicted molar refractivity (Wildman–Crippen MR) is 97.1 cm³/mol. The zero-order valence-electron chi connectivity index (χ0n) is 13.7. The van der Waals surface area contributed by atoms with Crippen LogP contribution in [0.25, 0.3) is 10.9 Å². The van der Waals surface area contributed by atoms with Crippen LogP contribution < -0.4 is 0 Å². The summed E-state index contributed by atoms with van der Waals surface area (Å²) >= 11 is 0. The Morgan fingerprint density at radius 3 is 2.83 bits per heavy atom. The van der Waals surface area contributed by atoms with Gasteiger partial charge in [-0.2, -0.15) is 4.39 Å². The van der Waals surface area contributed by atoms with Gasteiger partial charge in [0.2, 0.25) is 5.95 Å². The molecule has 3 nitrogen and oxygen atoms in total. The third-order valence-electron chi connectivity index (χ3n) is 4.79. The van der Waals surface area contributed by atoms with Crippen LogP contribution in [0.4, 0.5) is 4.39 Å². The average molecular weight is 346 g/mol. The molecule has 2 aromatic heterocycles. The first-order chi connectivity index (χ1) is 11.2. The third kappa shape index (κ3) is 2.92. The molecule has 0 N–H and O–H groups in total. The van der Waals surface area contributed by atoms with Crippen molar-refractivity contribution in [2.24, 2.45) is 0 Å². The van der Waals surface area contributed by atoms with Gasteiger partial charge in [-0.05, 0) is 31.2 Å². The van der Waals surface area contributed by atoms with E-state index in [-0.39, 0.29) is 18.4 Å². The van der Waals surface area contributed by atoms with Gasteiger partial charge in [0.1, 0.15) is 0 Å². The number of para-hydroxylation sites is 1. The standard InChI is InChI=1S/C19H20FN3.ClH/c1-22-11-9-18-16(13-22)15-6-2-3-7-17(15)23(18)12-8-14-5-4-10-21-19(14)20;/h2-7,10H,8-9,11-13H2,1H3;1H. The molecule has 126 valence electrons. The molecular weight excluding hydrogens is 325 g/mol. The molecule has 0 atom stereocenters. The van der Waals surface area contributed by atoms with Gasteiger partial charge in [0.15, 0.2) is 0 Å². The quantitative estimate of drug-likeness (QED) is 0.673. The number of halogens is 2. The van der Waals surface area contributed by atoms with Crippen molar-refractivity contribution in [3.05, 3.63) is 65.4 Å². The Labute approximate surface area is 147 Å². The van der Waals surface area contributed by atoms with Crippen LogP contribution in [-0.2, 0) is 25.9 Å². The predicted octanol–water partition coefficient (Wildman–Crippen LogP) is 3.83. The van der Waals surface area contributed by atoms with E-state index in [9.17, 15) is 4.39 Å². The van der Waals surface area contributed by atoms with Crippen LogP contribution in [0, 0.1) is 5.95 Å². The average Bonchev–Trinajstić information content (AvgIpc) is 2.88. The van der Waals surface area contributed by atoms with Crippen LogP contribution in [-0.4, -0.2) is 28.0 Å². The SMILES string of the molecule is CN1CCc2c(c3ccccc3n2CCc2cccnc2F)C1.Cl. The molecule has 24 heavy (non-hydrogen) atoms. The molecule has 0 spiro atoms. The second-order valence-electron chi connectivity index (χ2n) is 6.29. The summed E-state index contributed by atoms with van der Waals surface area (Å²) in [5.41, 5.74) is 4.79. The van der Waals surface area contributed by atoms with Gasteiger partial charge in [-0.3, -0.25) is 0 Å². The fourth-order valence-electron chi connectivity index (χ4n) is 3.63. The molecule has 3 aromatic rings. The lowest BCUT2D eigenvalue weighted by molar-refractivity contribution is 0.309. The smallest absolute Gasteiger partial charge is 0.216 e. The summed E-state index contributed by atoms with van der Waals surface area (Å²) in [5.74, 6) is -0.349. The molecule has 0 saturated heterocycles. The lowest BCUT2D eigenvalue weighted by atomic mass is 10.1. The molecule has 0 aliphatic carbocycles. The maximum absolute atomic E-state index is 13.8. The van der Waals surface area contributed by atoms with Gasteiger partial charge < -0.3 is 9.47 Å². The fraction of sp³-hybridized carbons (Fsp3) is 0.316. The monoisotopic (exact) mass is 345 g/mol. The minimum atomic E-state index is -0.349. The Balaban J connectivity index is 0.00000169. The Morgan fingerprint density at radius 1 is 1.17 bits per heavy atom. The van der Waals surface area contributed by atoms with Crippen molar-refractivity contribution in [2.45, 2.75) is 25.9 Å². The minimum Gasteiger partial charge on any atom is -0.344 e. The highest BCUT2D eigenvalue weighted by atomic mass is 35.5. The maximum atomic E-state index is 13.8. The highest BCUT2D eigenvalue weighted by Gasteiger charge is 2.22. The van der Waals surface area contributed by atoms with Crippen molar-refractivity contribution >= 4 is 23.3 Å². The molecule has 0 radical (unpaired) electrons. The van der Waals surface area contributed by atoms with Gasteiger partial charge >= 0.3 is 0 Å². The Kier molecular flexibility index (Phi) is 4.88. The van der Waals surface area contributed by atoms with Crippen molar-refractivity contribution in [3.8, 4) is 0 Å². The van der Waals surface area contributed by atoms with E-state index in [1.165, 1.54) is 28.4 Å².